The molecular weight excluding hydrogens is 266 g/mol. The van der Waals surface area contributed by atoms with E-state index in [-0.39, 0.29) is 11.5 Å². The monoisotopic (exact) mass is 280 g/mol. The molecule has 0 radical (unpaired) electrons. The molecule has 1 N–H and O–H groups in total. The fourth-order valence-corrected chi connectivity index (χ4v) is 1.92. The van der Waals surface area contributed by atoms with E-state index in [0.717, 1.165) is 18.2 Å². The highest BCUT2D eigenvalue weighted by Crippen LogP contribution is 2.36. The largest absolute Gasteiger partial charge is 0.496 e. The maximum atomic E-state index is 13.1. The third-order valence-corrected chi connectivity index (χ3v) is 2.73. The molecule has 2 aromatic carbocycles. The van der Waals surface area contributed by atoms with E-state index in [1.54, 1.807) is 25.1 Å². The lowest BCUT2D eigenvalue weighted by atomic mass is 10.1. The summed E-state index contributed by atoms with van der Waals surface area (Å²) in [7, 11) is 1.47. The first-order valence-electron chi connectivity index (χ1n) is 6.00. The van der Waals surface area contributed by atoms with Gasteiger partial charge < -0.3 is 14.6 Å². The summed E-state index contributed by atoms with van der Waals surface area (Å²) >= 11 is 0. The Hall–Kier alpha value is -2.14. The van der Waals surface area contributed by atoms with E-state index in [1.165, 1.54) is 7.11 Å². The van der Waals surface area contributed by atoms with Crippen LogP contribution >= 0.6 is 0 Å². The average molecular weight is 280 g/mol. The number of aliphatic hydroxyl groups is 1. The van der Waals surface area contributed by atoms with Crippen molar-refractivity contribution >= 4 is 0 Å². The molecule has 2 rings (SSSR count). The minimum atomic E-state index is -0.848. The molecule has 3 nitrogen and oxygen atoms in total. The highest BCUT2D eigenvalue weighted by Gasteiger charge is 2.16. The SMILES string of the molecule is COc1cccc(Oc2cc(F)cc(F)c2)c1[C@@H](C)O. The molecule has 20 heavy (non-hydrogen) atoms. The predicted molar refractivity (Wildman–Crippen MR) is 70.1 cm³/mol. The number of halogens is 2. The van der Waals surface area contributed by atoms with Crippen molar-refractivity contribution in [2.75, 3.05) is 7.11 Å². The molecule has 5 heteroatoms. The zero-order chi connectivity index (χ0) is 14.7. The quantitative estimate of drug-likeness (QED) is 0.925. The summed E-state index contributed by atoms with van der Waals surface area (Å²) in [5.41, 5.74) is 0.416. The molecule has 106 valence electrons. The lowest BCUT2D eigenvalue weighted by Crippen LogP contribution is -2.00. The minimum absolute atomic E-state index is 0.0117. The van der Waals surface area contributed by atoms with Gasteiger partial charge in [-0.1, -0.05) is 6.07 Å². The van der Waals surface area contributed by atoms with Crippen molar-refractivity contribution in [2.24, 2.45) is 0 Å². The Morgan fingerprint density at radius 1 is 1.05 bits per heavy atom. The maximum absolute atomic E-state index is 13.1. The Balaban J connectivity index is 2.42. The summed E-state index contributed by atoms with van der Waals surface area (Å²) in [6.07, 6.45) is -0.848. The van der Waals surface area contributed by atoms with Gasteiger partial charge in [0.25, 0.3) is 0 Å². The number of ether oxygens (including phenoxy) is 2. The van der Waals surface area contributed by atoms with Crippen LogP contribution in [0.5, 0.6) is 17.2 Å². The summed E-state index contributed by atoms with van der Waals surface area (Å²) in [4.78, 5) is 0. The van der Waals surface area contributed by atoms with Crippen molar-refractivity contribution in [2.45, 2.75) is 13.0 Å². The molecule has 0 aliphatic heterocycles. The lowest BCUT2D eigenvalue weighted by molar-refractivity contribution is 0.190. The van der Waals surface area contributed by atoms with E-state index < -0.39 is 17.7 Å². The van der Waals surface area contributed by atoms with Crippen LogP contribution in [0.15, 0.2) is 36.4 Å². The van der Waals surface area contributed by atoms with E-state index >= 15 is 0 Å². The van der Waals surface area contributed by atoms with Crippen LogP contribution in [0.2, 0.25) is 0 Å². The molecule has 0 bridgehead atoms. The number of rotatable bonds is 4. The highest BCUT2D eigenvalue weighted by molar-refractivity contribution is 5.48. The van der Waals surface area contributed by atoms with Gasteiger partial charge >= 0.3 is 0 Å². The average Bonchev–Trinajstić information content (AvgIpc) is 2.36. The van der Waals surface area contributed by atoms with E-state index in [0.29, 0.717) is 11.3 Å². The van der Waals surface area contributed by atoms with Crippen molar-refractivity contribution < 1.29 is 23.4 Å². The van der Waals surface area contributed by atoms with Crippen LogP contribution in [0.3, 0.4) is 0 Å². The molecule has 0 aromatic heterocycles. The number of aliphatic hydroxyl groups excluding tert-OH is 1. The van der Waals surface area contributed by atoms with Crippen molar-refractivity contribution in [3.63, 3.8) is 0 Å². The van der Waals surface area contributed by atoms with Crippen LogP contribution in [-0.4, -0.2) is 12.2 Å². The molecule has 0 fully saturated rings. The van der Waals surface area contributed by atoms with Gasteiger partial charge in [-0.25, -0.2) is 8.78 Å². The maximum Gasteiger partial charge on any atom is 0.136 e. The second-order valence-electron chi connectivity index (χ2n) is 4.26. The topological polar surface area (TPSA) is 38.7 Å². The smallest absolute Gasteiger partial charge is 0.136 e. The first-order chi connectivity index (χ1) is 9.51. The standard InChI is InChI=1S/C15H14F2O3/c1-9(18)15-13(19-2)4-3-5-14(15)20-12-7-10(16)6-11(17)8-12/h3-9,18H,1-2H3/t9-/m1/s1. The Bertz CT molecular complexity index is 592. The summed E-state index contributed by atoms with van der Waals surface area (Å²) in [5.74, 6) is -0.737. The Kier molecular flexibility index (Phi) is 4.20. The van der Waals surface area contributed by atoms with Gasteiger partial charge in [-0.3, -0.25) is 0 Å². The summed E-state index contributed by atoms with van der Waals surface area (Å²) in [6.45, 7) is 1.55. The van der Waals surface area contributed by atoms with Crippen LogP contribution in [0.25, 0.3) is 0 Å². The van der Waals surface area contributed by atoms with E-state index in [2.05, 4.69) is 0 Å². The number of hydrogen-bond donors (Lipinski definition) is 1. The third kappa shape index (κ3) is 3.05. The fraction of sp³-hybridized carbons (Fsp3) is 0.200. The lowest BCUT2D eigenvalue weighted by Gasteiger charge is -2.16. The van der Waals surface area contributed by atoms with E-state index in [4.69, 9.17) is 9.47 Å². The van der Waals surface area contributed by atoms with Crippen LogP contribution in [0, 0.1) is 11.6 Å². The van der Waals surface area contributed by atoms with Crippen LogP contribution in [-0.2, 0) is 0 Å². The molecule has 0 aliphatic rings. The Morgan fingerprint density at radius 2 is 1.65 bits per heavy atom. The van der Waals surface area contributed by atoms with Crippen molar-refractivity contribution in [1.82, 2.24) is 0 Å². The molecule has 0 aliphatic carbocycles. The summed E-state index contributed by atoms with van der Waals surface area (Å²) in [5, 5.41) is 9.80. The molecule has 0 saturated heterocycles. The van der Waals surface area contributed by atoms with Gasteiger partial charge in [-0.15, -0.1) is 0 Å². The minimum Gasteiger partial charge on any atom is -0.496 e. The zero-order valence-corrected chi connectivity index (χ0v) is 11.1. The molecule has 0 unspecified atom stereocenters. The zero-order valence-electron chi connectivity index (χ0n) is 11.1. The van der Waals surface area contributed by atoms with E-state index in [1.807, 2.05) is 0 Å². The number of benzene rings is 2. The second-order valence-corrected chi connectivity index (χ2v) is 4.26. The molecule has 0 spiro atoms. The normalized spacial score (nSPS) is 12.1. The molecular formula is C15H14F2O3. The van der Waals surface area contributed by atoms with Gasteiger partial charge in [0, 0.05) is 18.2 Å². The van der Waals surface area contributed by atoms with Gasteiger partial charge in [0.1, 0.15) is 28.9 Å². The van der Waals surface area contributed by atoms with Crippen LogP contribution in [0.4, 0.5) is 8.78 Å². The molecule has 0 amide bonds. The van der Waals surface area contributed by atoms with Gasteiger partial charge in [0.05, 0.1) is 18.8 Å². The van der Waals surface area contributed by atoms with Gasteiger partial charge in [0.15, 0.2) is 0 Å². The van der Waals surface area contributed by atoms with Crippen LogP contribution in [0.1, 0.15) is 18.6 Å². The summed E-state index contributed by atoms with van der Waals surface area (Å²) < 4.78 is 36.9. The number of methoxy groups -OCH3 is 1. The predicted octanol–water partition coefficient (Wildman–Crippen LogP) is 3.82. The van der Waals surface area contributed by atoms with Crippen molar-refractivity contribution in [1.29, 1.82) is 0 Å². The molecule has 0 saturated carbocycles. The second kappa shape index (κ2) is 5.88. The first-order valence-corrected chi connectivity index (χ1v) is 6.00. The van der Waals surface area contributed by atoms with Crippen molar-refractivity contribution in [3.05, 3.63) is 53.6 Å². The molecule has 1 atom stereocenters. The number of hydrogen-bond acceptors (Lipinski definition) is 3. The molecule has 0 heterocycles. The van der Waals surface area contributed by atoms with Gasteiger partial charge in [-0.05, 0) is 19.1 Å². The van der Waals surface area contributed by atoms with Gasteiger partial charge in [0.2, 0.25) is 0 Å². The summed E-state index contributed by atoms with van der Waals surface area (Å²) in [6, 6.07) is 7.81. The Morgan fingerprint density at radius 3 is 2.20 bits per heavy atom. The van der Waals surface area contributed by atoms with Crippen LogP contribution < -0.4 is 9.47 Å². The first kappa shape index (κ1) is 14.3. The highest BCUT2D eigenvalue weighted by atomic mass is 19.1. The fourth-order valence-electron chi connectivity index (χ4n) is 1.92. The third-order valence-electron chi connectivity index (χ3n) is 2.73. The van der Waals surface area contributed by atoms with Crippen molar-refractivity contribution in [3.8, 4) is 17.2 Å². The Labute approximate surface area is 115 Å². The molecule has 2 aromatic rings. The van der Waals surface area contributed by atoms with Gasteiger partial charge in [-0.2, -0.15) is 0 Å². The van der Waals surface area contributed by atoms with E-state index in [9.17, 15) is 13.9 Å².